The van der Waals surface area contributed by atoms with E-state index in [1.807, 2.05) is 6.07 Å². The van der Waals surface area contributed by atoms with Gasteiger partial charge in [0, 0.05) is 11.3 Å². The number of ether oxygens (including phenoxy) is 2. The molecule has 0 aromatic heterocycles. The van der Waals surface area contributed by atoms with Crippen LogP contribution in [0.15, 0.2) is 84.9 Å². The molecule has 170 valence electrons. The standard InChI is InChI=1S/C26H26N2O5/c1-3-22(25(30)27-20-14-16-21(32-2)17-15-20)33-26(31)23(18-10-6-4-7-11-18)28-24(29)19-12-8-5-9-13-19/h4-17,22-23H,3H2,1-2H3,(H,27,30)(H,28,29)/t22-,23+/m0/s1. The molecule has 0 saturated heterocycles. The summed E-state index contributed by atoms with van der Waals surface area (Å²) in [4.78, 5) is 38.5. The Labute approximate surface area is 192 Å². The zero-order valence-electron chi connectivity index (χ0n) is 18.5. The van der Waals surface area contributed by atoms with Crippen LogP contribution in [0.25, 0.3) is 0 Å². The van der Waals surface area contributed by atoms with Gasteiger partial charge in [0.2, 0.25) is 0 Å². The van der Waals surface area contributed by atoms with Gasteiger partial charge in [-0.3, -0.25) is 9.59 Å². The molecule has 0 aliphatic rings. The first-order valence-electron chi connectivity index (χ1n) is 10.6. The molecule has 3 rings (SSSR count). The lowest BCUT2D eigenvalue weighted by Gasteiger charge is -2.22. The van der Waals surface area contributed by atoms with Crippen molar-refractivity contribution in [3.8, 4) is 5.75 Å². The van der Waals surface area contributed by atoms with Crippen LogP contribution >= 0.6 is 0 Å². The molecule has 3 aromatic rings. The molecule has 33 heavy (non-hydrogen) atoms. The maximum absolute atomic E-state index is 13.1. The molecule has 2 atom stereocenters. The highest BCUT2D eigenvalue weighted by molar-refractivity contribution is 5.98. The summed E-state index contributed by atoms with van der Waals surface area (Å²) in [6, 6.07) is 23.1. The lowest BCUT2D eigenvalue weighted by molar-refractivity contribution is -0.156. The molecular weight excluding hydrogens is 420 g/mol. The Morgan fingerprint density at radius 2 is 1.45 bits per heavy atom. The van der Waals surface area contributed by atoms with Gasteiger partial charge in [0.25, 0.3) is 11.8 Å². The van der Waals surface area contributed by atoms with Crippen molar-refractivity contribution in [2.24, 2.45) is 0 Å². The Hall–Kier alpha value is -4.13. The fraction of sp³-hybridized carbons (Fsp3) is 0.192. The van der Waals surface area contributed by atoms with Crippen molar-refractivity contribution in [2.75, 3.05) is 12.4 Å². The number of hydrogen-bond donors (Lipinski definition) is 2. The van der Waals surface area contributed by atoms with Crippen LogP contribution in [0, 0.1) is 0 Å². The molecule has 0 spiro atoms. The lowest BCUT2D eigenvalue weighted by atomic mass is 10.1. The summed E-state index contributed by atoms with van der Waals surface area (Å²) in [7, 11) is 1.56. The monoisotopic (exact) mass is 446 g/mol. The van der Waals surface area contributed by atoms with E-state index in [-0.39, 0.29) is 6.42 Å². The zero-order chi connectivity index (χ0) is 23.6. The quantitative estimate of drug-likeness (QED) is 0.482. The minimum absolute atomic E-state index is 0.266. The number of benzene rings is 3. The summed E-state index contributed by atoms with van der Waals surface area (Å²) < 4.78 is 10.7. The minimum Gasteiger partial charge on any atom is -0.497 e. The molecular formula is C26H26N2O5. The van der Waals surface area contributed by atoms with Gasteiger partial charge in [-0.05, 0) is 48.4 Å². The molecule has 0 saturated carbocycles. The van der Waals surface area contributed by atoms with Crippen LogP contribution in [-0.4, -0.2) is 31.0 Å². The summed E-state index contributed by atoms with van der Waals surface area (Å²) >= 11 is 0. The van der Waals surface area contributed by atoms with E-state index < -0.39 is 29.9 Å². The van der Waals surface area contributed by atoms with Gasteiger partial charge in [0.05, 0.1) is 7.11 Å². The fourth-order valence-corrected chi connectivity index (χ4v) is 3.16. The highest BCUT2D eigenvalue weighted by Gasteiger charge is 2.29. The van der Waals surface area contributed by atoms with Crippen molar-refractivity contribution in [1.29, 1.82) is 0 Å². The second-order valence-corrected chi connectivity index (χ2v) is 7.23. The van der Waals surface area contributed by atoms with Crippen molar-refractivity contribution >= 4 is 23.5 Å². The van der Waals surface area contributed by atoms with E-state index in [9.17, 15) is 14.4 Å². The molecule has 7 heteroatoms. The molecule has 3 aromatic carbocycles. The summed E-state index contributed by atoms with van der Waals surface area (Å²) in [5.74, 6) is -0.942. The molecule has 0 aliphatic carbocycles. The fourth-order valence-electron chi connectivity index (χ4n) is 3.16. The SMILES string of the molecule is CC[C@H](OC(=O)[C@H](NC(=O)c1ccccc1)c1ccccc1)C(=O)Nc1ccc(OC)cc1. The maximum Gasteiger partial charge on any atom is 0.334 e. The molecule has 0 radical (unpaired) electrons. The lowest BCUT2D eigenvalue weighted by Crippen LogP contribution is -2.39. The van der Waals surface area contributed by atoms with Crippen molar-refractivity contribution in [3.05, 3.63) is 96.1 Å². The van der Waals surface area contributed by atoms with E-state index in [1.54, 1.807) is 92.9 Å². The van der Waals surface area contributed by atoms with Gasteiger partial charge in [-0.1, -0.05) is 55.5 Å². The van der Waals surface area contributed by atoms with Crippen molar-refractivity contribution in [1.82, 2.24) is 5.32 Å². The first-order valence-corrected chi connectivity index (χ1v) is 10.6. The normalized spacial score (nSPS) is 12.2. The van der Waals surface area contributed by atoms with Crippen LogP contribution in [0.1, 0.15) is 35.3 Å². The second-order valence-electron chi connectivity index (χ2n) is 7.23. The van der Waals surface area contributed by atoms with Crippen molar-refractivity contribution in [2.45, 2.75) is 25.5 Å². The molecule has 0 heterocycles. The molecule has 0 fully saturated rings. The first kappa shape index (κ1) is 23.5. The smallest absolute Gasteiger partial charge is 0.334 e. The number of hydrogen-bond acceptors (Lipinski definition) is 5. The third kappa shape index (κ3) is 6.43. The Morgan fingerprint density at radius 1 is 0.848 bits per heavy atom. The summed E-state index contributed by atoms with van der Waals surface area (Å²) in [6.45, 7) is 1.74. The summed E-state index contributed by atoms with van der Waals surface area (Å²) in [5.41, 5.74) is 1.51. The second kappa shape index (κ2) is 11.5. The molecule has 0 unspecified atom stereocenters. The highest BCUT2D eigenvalue weighted by Crippen LogP contribution is 2.19. The molecule has 2 amide bonds. The predicted octanol–water partition coefficient (Wildman–Crippen LogP) is 4.13. The van der Waals surface area contributed by atoms with Crippen molar-refractivity contribution in [3.63, 3.8) is 0 Å². The Morgan fingerprint density at radius 3 is 2.03 bits per heavy atom. The number of amides is 2. The van der Waals surface area contributed by atoms with Gasteiger partial charge in [0.1, 0.15) is 5.75 Å². The molecule has 7 nitrogen and oxygen atoms in total. The first-order chi connectivity index (χ1) is 16.0. The van der Waals surface area contributed by atoms with Crippen LogP contribution in [0.4, 0.5) is 5.69 Å². The average Bonchev–Trinajstić information content (AvgIpc) is 2.87. The topological polar surface area (TPSA) is 93.7 Å². The van der Waals surface area contributed by atoms with Gasteiger partial charge in [-0.25, -0.2) is 4.79 Å². The van der Waals surface area contributed by atoms with Gasteiger partial charge < -0.3 is 20.1 Å². The van der Waals surface area contributed by atoms with E-state index in [4.69, 9.17) is 9.47 Å². The summed E-state index contributed by atoms with van der Waals surface area (Å²) in [6.07, 6.45) is -0.763. The van der Waals surface area contributed by atoms with Gasteiger partial charge in [0.15, 0.2) is 12.1 Å². The van der Waals surface area contributed by atoms with Gasteiger partial charge in [-0.15, -0.1) is 0 Å². The average molecular weight is 447 g/mol. The van der Waals surface area contributed by atoms with E-state index in [0.29, 0.717) is 22.6 Å². The minimum atomic E-state index is -1.07. The van der Waals surface area contributed by atoms with E-state index in [0.717, 1.165) is 0 Å². The maximum atomic E-state index is 13.1. The largest absolute Gasteiger partial charge is 0.497 e. The Balaban J connectivity index is 1.73. The van der Waals surface area contributed by atoms with Crippen molar-refractivity contribution < 1.29 is 23.9 Å². The number of anilines is 1. The van der Waals surface area contributed by atoms with Crippen LogP contribution in [0.3, 0.4) is 0 Å². The van der Waals surface area contributed by atoms with E-state index >= 15 is 0 Å². The molecule has 0 aliphatic heterocycles. The number of rotatable bonds is 9. The van der Waals surface area contributed by atoms with E-state index in [1.165, 1.54) is 0 Å². The Kier molecular flexibility index (Phi) is 8.18. The van der Waals surface area contributed by atoms with Crippen LogP contribution < -0.4 is 15.4 Å². The number of nitrogens with one attached hydrogen (secondary N) is 2. The number of carbonyl (C=O) groups is 3. The third-order valence-electron chi connectivity index (χ3n) is 4.96. The Bertz CT molecular complexity index is 1070. The summed E-state index contributed by atoms with van der Waals surface area (Å²) in [5, 5.41) is 5.46. The van der Waals surface area contributed by atoms with Gasteiger partial charge in [-0.2, -0.15) is 0 Å². The van der Waals surface area contributed by atoms with Crippen LogP contribution in [-0.2, 0) is 14.3 Å². The predicted molar refractivity (Wildman–Crippen MR) is 125 cm³/mol. The number of esters is 1. The van der Waals surface area contributed by atoms with E-state index in [2.05, 4.69) is 10.6 Å². The number of methoxy groups -OCH3 is 1. The number of carbonyl (C=O) groups excluding carboxylic acids is 3. The van der Waals surface area contributed by atoms with Crippen LogP contribution in [0.5, 0.6) is 5.75 Å². The third-order valence-corrected chi connectivity index (χ3v) is 4.96. The molecule has 2 N–H and O–H groups in total. The highest BCUT2D eigenvalue weighted by atomic mass is 16.5. The zero-order valence-corrected chi connectivity index (χ0v) is 18.5. The van der Waals surface area contributed by atoms with Gasteiger partial charge >= 0.3 is 5.97 Å². The van der Waals surface area contributed by atoms with Crippen LogP contribution in [0.2, 0.25) is 0 Å². The molecule has 0 bridgehead atoms.